The van der Waals surface area contributed by atoms with Crippen LogP contribution in [0.1, 0.15) is 25.3 Å². The summed E-state index contributed by atoms with van der Waals surface area (Å²) >= 11 is 0. The van der Waals surface area contributed by atoms with Crippen LogP contribution in [0.15, 0.2) is 30.3 Å². The first-order chi connectivity index (χ1) is 8.31. The minimum atomic E-state index is 0.363. The van der Waals surface area contributed by atoms with Crippen LogP contribution in [0.5, 0.6) is 0 Å². The van der Waals surface area contributed by atoms with Crippen molar-refractivity contribution in [2.24, 2.45) is 0 Å². The number of rotatable bonds is 5. The fourth-order valence-electron chi connectivity index (χ4n) is 1.64. The lowest BCUT2D eigenvalue weighted by atomic mass is 10.2. The van der Waals surface area contributed by atoms with Gasteiger partial charge in [0, 0.05) is 6.54 Å². The monoisotopic (exact) mass is 231 g/mol. The van der Waals surface area contributed by atoms with Crippen molar-refractivity contribution < 1.29 is 0 Å². The predicted molar refractivity (Wildman–Crippen MR) is 64.3 cm³/mol. The zero-order valence-electron chi connectivity index (χ0n) is 10.0. The van der Waals surface area contributed by atoms with E-state index in [-0.39, 0.29) is 0 Å². The van der Waals surface area contributed by atoms with E-state index in [2.05, 4.69) is 17.4 Å². The number of aromatic nitrogens is 4. The second-order valence-corrected chi connectivity index (χ2v) is 4.02. The summed E-state index contributed by atoms with van der Waals surface area (Å²) in [5, 5.41) is 16.0. The topological polar surface area (TPSA) is 59.5 Å². The Balaban J connectivity index is 2.12. The molecule has 0 amide bonds. The molecule has 5 heteroatoms. The maximum absolute atomic E-state index is 7.96. The van der Waals surface area contributed by atoms with E-state index in [1.165, 1.54) is 0 Å². The highest BCUT2D eigenvalue weighted by Gasteiger charge is 2.03. The second kappa shape index (κ2) is 5.43. The summed E-state index contributed by atoms with van der Waals surface area (Å²) in [7, 11) is 0. The Hall–Kier alpha value is -1.91. The molecule has 0 unspecified atom stereocenters. The molecule has 1 aromatic carbocycles. The van der Waals surface area contributed by atoms with Crippen LogP contribution in [-0.2, 0) is 13.1 Å². The molecule has 0 saturated heterocycles. The van der Waals surface area contributed by atoms with E-state index in [1.807, 2.05) is 30.3 Å². The lowest BCUT2D eigenvalue weighted by Crippen LogP contribution is -2.26. The third kappa shape index (κ3) is 2.81. The number of aryl methyl sites for hydroxylation is 1. The van der Waals surface area contributed by atoms with Gasteiger partial charge in [-0.2, -0.15) is 0 Å². The molecule has 0 aliphatic rings. The number of benzene rings is 1. The van der Waals surface area contributed by atoms with Crippen LogP contribution in [0.25, 0.3) is 0 Å². The molecule has 0 fully saturated rings. The Morgan fingerprint density at radius 3 is 2.53 bits per heavy atom. The molecule has 2 rings (SSSR count). The second-order valence-electron chi connectivity index (χ2n) is 4.02. The van der Waals surface area contributed by atoms with Crippen LogP contribution in [0.3, 0.4) is 0 Å². The average Bonchev–Trinajstić information content (AvgIpc) is 2.70. The third-order valence-corrected chi connectivity index (χ3v) is 2.64. The summed E-state index contributed by atoms with van der Waals surface area (Å²) in [4.78, 5) is 0. The highest BCUT2D eigenvalue weighted by atomic mass is 15.6. The van der Waals surface area contributed by atoms with E-state index in [4.69, 9.17) is 5.41 Å². The highest BCUT2D eigenvalue weighted by molar-refractivity contribution is 5.14. The van der Waals surface area contributed by atoms with Crippen LogP contribution in [0.2, 0.25) is 0 Å². The van der Waals surface area contributed by atoms with E-state index >= 15 is 0 Å². The van der Waals surface area contributed by atoms with Crippen LogP contribution in [0.4, 0.5) is 0 Å². The van der Waals surface area contributed by atoms with Gasteiger partial charge in [0.15, 0.2) is 0 Å². The van der Waals surface area contributed by atoms with E-state index in [1.54, 1.807) is 9.36 Å². The van der Waals surface area contributed by atoms with Gasteiger partial charge < -0.3 is 0 Å². The van der Waals surface area contributed by atoms with Crippen molar-refractivity contribution in [3.8, 4) is 0 Å². The molecule has 0 aliphatic heterocycles. The maximum Gasteiger partial charge on any atom is 0.238 e. The highest BCUT2D eigenvalue weighted by Crippen LogP contribution is 1.98. The lowest BCUT2D eigenvalue weighted by molar-refractivity contribution is 0.527. The molecule has 1 aromatic heterocycles. The first-order valence-electron chi connectivity index (χ1n) is 5.90. The van der Waals surface area contributed by atoms with Gasteiger partial charge in [0.25, 0.3) is 0 Å². The van der Waals surface area contributed by atoms with Gasteiger partial charge in [-0.3, -0.25) is 5.41 Å². The summed E-state index contributed by atoms with van der Waals surface area (Å²) in [6.07, 6.45) is 2.12. The Bertz CT molecular complexity index is 511. The number of tetrazole rings is 1. The van der Waals surface area contributed by atoms with E-state index in [9.17, 15) is 0 Å². The number of hydrogen-bond acceptors (Lipinski definition) is 3. The molecule has 0 bridgehead atoms. The van der Waals surface area contributed by atoms with E-state index < -0.39 is 0 Å². The number of hydrogen-bond donors (Lipinski definition) is 1. The van der Waals surface area contributed by atoms with Gasteiger partial charge in [0.2, 0.25) is 5.62 Å². The zero-order valence-corrected chi connectivity index (χ0v) is 10.0. The minimum Gasteiger partial charge on any atom is -0.266 e. The Kier molecular flexibility index (Phi) is 3.69. The van der Waals surface area contributed by atoms with Crippen molar-refractivity contribution >= 4 is 0 Å². The largest absolute Gasteiger partial charge is 0.266 e. The molecule has 0 aliphatic carbocycles. The molecular weight excluding hydrogens is 214 g/mol. The van der Waals surface area contributed by atoms with Gasteiger partial charge in [0.1, 0.15) is 0 Å². The zero-order chi connectivity index (χ0) is 12.1. The molecule has 17 heavy (non-hydrogen) atoms. The number of unbranched alkanes of at least 4 members (excludes halogenated alkanes) is 1. The van der Waals surface area contributed by atoms with Crippen LogP contribution in [-0.4, -0.2) is 19.8 Å². The fourth-order valence-corrected chi connectivity index (χ4v) is 1.64. The van der Waals surface area contributed by atoms with Crippen molar-refractivity contribution in [1.82, 2.24) is 19.8 Å². The molecule has 0 atom stereocenters. The Morgan fingerprint density at radius 2 is 1.82 bits per heavy atom. The minimum absolute atomic E-state index is 0.363. The third-order valence-electron chi connectivity index (χ3n) is 2.64. The molecule has 0 saturated carbocycles. The first-order valence-corrected chi connectivity index (χ1v) is 5.90. The van der Waals surface area contributed by atoms with Gasteiger partial charge in [-0.05, 0) is 22.4 Å². The molecule has 0 radical (unpaired) electrons. The molecule has 2 aromatic rings. The summed E-state index contributed by atoms with van der Waals surface area (Å²) in [5.41, 5.74) is 1.50. The lowest BCUT2D eigenvalue weighted by Gasteiger charge is -2.00. The van der Waals surface area contributed by atoms with Crippen molar-refractivity contribution in [2.45, 2.75) is 32.9 Å². The van der Waals surface area contributed by atoms with Crippen LogP contribution in [0, 0.1) is 5.41 Å². The maximum atomic E-state index is 7.96. The predicted octanol–water partition coefficient (Wildman–Crippen LogP) is 1.41. The standard InChI is InChI=1S/C12H17N5/c1-2-3-9-16-12(13)17(15-14-16)10-11-7-5-4-6-8-11/h4-8,13H,2-3,9-10H2,1H3. The van der Waals surface area contributed by atoms with E-state index in [0.717, 1.165) is 24.9 Å². The van der Waals surface area contributed by atoms with Crippen LogP contribution >= 0.6 is 0 Å². The average molecular weight is 231 g/mol. The summed E-state index contributed by atoms with van der Waals surface area (Å²) < 4.78 is 3.26. The van der Waals surface area contributed by atoms with Gasteiger partial charge >= 0.3 is 0 Å². The molecule has 5 nitrogen and oxygen atoms in total. The normalized spacial score (nSPS) is 10.6. The van der Waals surface area contributed by atoms with Gasteiger partial charge in [-0.25, -0.2) is 9.36 Å². The molecule has 1 heterocycles. The first kappa shape index (κ1) is 11.6. The van der Waals surface area contributed by atoms with Crippen molar-refractivity contribution in [2.75, 3.05) is 0 Å². The Morgan fingerprint density at radius 1 is 1.12 bits per heavy atom. The van der Waals surface area contributed by atoms with E-state index in [0.29, 0.717) is 12.2 Å². The summed E-state index contributed by atoms with van der Waals surface area (Å²) in [6.45, 7) is 3.49. The summed E-state index contributed by atoms with van der Waals surface area (Å²) in [6, 6.07) is 10.0. The van der Waals surface area contributed by atoms with Crippen LogP contribution < -0.4 is 5.62 Å². The molecular formula is C12H17N5. The van der Waals surface area contributed by atoms with Crippen molar-refractivity contribution in [1.29, 1.82) is 5.41 Å². The number of nitrogens with zero attached hydrogens (tertiary/aromatic N) is 4. The summed E-state index contributed by atoms with van der Waals surface area (Å²) in [5.74, 6) is 0. The van der Waals surface area contributed by atoms with Gasteiger partial charge in [-0.15, -0.1) is 0 Å². The Labute approximate surface area is 100 Å². The SMILES string of the molecule is CCCCn1nnn(Cc2ccccc2)c1=N. The van der Waals surface area contributed by atoms with Gasteiger partial charge in [-0.1, -0.05) is 43.7 Å². The quantitative estimate of drug-likeness (QED) is 0.845. The number of nitrogens with one attached hydrogen (secondary N) is 1. The fraction of sp³-hybridized carbons (Fsp3) is 0.417. The smallest absolute Gasteiger partial charge is 0.238 e. The van der Waals surface area contributed by atoms with Gasteiger partial charge in [0.05, 0.1) is 6.54 Å². The van der Waals surface area contributed by atoms with Crippen molar-refractivity contribution in [3.05, 3.63) is 41.5 Å². The molecule has 0 spiro atoms. The van der Waals surface area contributed by atoms with Crippen molar-refractivity contribution in [3.63, 3.8) is 0 Å². The molecule has 1 N–H and O–H groups in total. The molecule has 90 valence electrons.